The van der Waals surface area contributed by atoms with Gasteiger partial charge in [-0.2, -0.15) is 23.9 Å². The van der Waals surface area contributed by atoms with E-state index in [9.17, 15) is 28.2 Å². The lowest BCUT2D eigenvalue weighted by atomic mass is 10.1. The first-order valence-corrected chi connectivity index (χ1v) is 6.72. The number of hydrogen-bond acceptors (Lipinski definition) is 7. The minimum atomic E-state index is -4.61. The van der Waals surface area contributed by atoms with E-state index in [1.165, 1.54) is 12.2 Å². The third kappa shape index (κ3) is 2.97. The van der Waals surface area contributed by atoms with Crippen molar-refractivity contribution in [3.8, 4) is 0 Å². The molecule has 0 bridgehead atoms. The highest BCUT2D eigenvalue weighted by atomic mass is 32.2. The van der Waals surface area contributed by atoms with Crippen molar-refractivity contribution in [1.82, 2.24) is 15.2 Å². The number of rotatable bonds is 2. The SMILES string of the molecule is O=c1[nH]nc(S(=O)(=O)N=C2C=CC=CC2=C([O-])[O-])c(=O)[nH]1. The van der Waals surface area contributed by atoms with E-state index >= 15 is 0 Å². The third-order valence-electron chi connectivity index (χ3n) is 2.27. The van der Waals surface area contributed by atoms with Crippen LogP contribution in [0.1, 0.15) is 0 Å². The Morgan fingerprint density at radius 3 is 2.48 bits per heavy atom. The van der Waals surface area contributed by atoms with Crippen molar-refractivity contribution in [2.24, 2.45) is 4.40 Å². The van der Waals surface area contributed by atoms with Crippen LogP contribution in [0.25, 0.3) is 0 Å². The topological polar surface area (TPSA) is 171 Å². The molecular weight excluding hydrogens is 304 g/mol. The van der Waals surface area contributed by atoms with E-state index in [0.29, 0.717) is 0 Å². The first kappa shape index (κ1) is 14.5. The van der Waals surface area contributed by atoms with Gasteiger partial charge in [0, 0.05) is 0 Å². The summed E-state index contributed by atoms with van der Waals surface area (Å²) >= 11 is 0. The Morgan fingerprint density at radius 1 is 1.19 bits per heavy atom. The smallest absolute Gasteiger partial charge is 0.342 e. The minimum absolute atomic E-state index is 0.426. The predicted octanol–water partition coefficient (Wildman–Crippen LogP) is -3.35. The van der Waals surface area contributed by atoms with Crippen molar-refractivity contribution >= 4 is 15.7 Å². The van der Waals surface area contributed by atoms with Gasteiger partial charge in [-0.1, -0.05) is 18.2 Å². The van der Waals surface area contributed by atoms with Crippen LogP contribution in [-0.2, 0) is 10.0 Å². The molecular formula is C10H6N4O6S-2. The maximum atomic E-state index is 11.9. The summed E-state index contributed by atoms with van der Waals surface area (Å²) in [5.74, 6) is -1.63. The van der Waals surface area contributed by atoms with Gasteiger partial charge in [0.05, 0.1) is 5.71 Å². The van der Waals surface area contributed by atoms with Gasteiger partial charge in [0.1, 0.15) is 0 Å². The molecule has 11 heteroatoms. The van der Waals surface area contributed by atoms with Crippen molar-refractivity contribution in [2.45, 2.75) is 5.03 Å². The molecule has 1 aliphatic rings. The first-order valence-electron chi connectivity index (χ1n) is 5.28. The van der Waals surface area contributed by atoms with Crippen LogP contribution in [0.2, 0.25) is 0 Å². The number of H-pyrrole nitrogens is 2. The van der Waals surface area contributed by atoms with Crippen LogP contribution in [0, 0.1) is 0 Å². The molecule has 1 aliphatic carbocycles. The summed E-state index contributed by atoms with van der Waals surface area (Å²) in [6.45, 7) is 0. The zero-order chi connectivity index (χ0) is 15.6. The Kier molecular flexibility index (Phi) is 3.58. The van der Waals surface area contributed by atoms with E-state index in [0.717, 1.165) is 12.2 Å². The van der Waals surface area contributed by atoms with Gasteiger partial charge < -0.3 is 10.2 Å². The van der Waals surface area contributed by atoms with E-state index in [1.807, 2.05) is 0 Å². The van der Waals surface area contributed by atoms with Gasteiger partial charge in [0.25, 0.3) is 10.6 Å². The minimum Gasteiger partial charge on any atom is -0.883 e. The van der Waals surface area contributed by atoms with E-state index in [4.69, 9.17) is 0 Å². The number of nitrogens with zero attached hydrogens (tertiary/aromatic N) is 2. The van der Waals surface area contributed by atoms with Gasteiger partial charge in [-0.25, -0.2) is 9.89 Å². The second kappa shape index (κ2) is 5.20. The highest BCUT2D eigenvalue weighted by Crippen LogP contribution is 2.12. The van der Waals surface area contributed by atoms with Crippen LogP contribution >= 0.6 is 0 Å². The average Bonchev–Trinajstić information content (AvgIpc) is 2.37. The van der Waals surface area contributed by atoms with Crippen LogP contribution in [-0.4, -0.2) is 29.3 Å². The summed E-state index contributed by atoms with van der Waals surface area (Å²) in [6.07, 6.45) is 4.91. The molecule has 0 amide bonds. The third-order valence-corrected chi connectivity index (χ3v) is 3.47. The lowest BCUT2D eigenvalue weighted by molar-refractivity contribution is -0.513. The van der Waals surface area contributed by atoms with Crippen LogP contribution in [0.3, 0.4) is 0 Å². The van der Waals surface area contributed by atoms with E-state index in [-0.39, 0.29) is 0 Å². The molecule has 1 aromatic heterocycles. The fourth-order valence-corrected chi connectivity index (χ4v) is 2.36. The van der Waals surface area contributed by atoms with Gasteiger partial charge in [0.2, 0.25) is 0 Å². The molecule has 0 aromatic carbocycles. The Bertz CT molecular complexity index is 911. The maximum absolute atomic E-state index is 11.9. The normalized spacial score (nSPS) is 16.4. The standard InChI is InChI=1S/C10H8N4O6S/c15-7-8(12-13-10(18)11-7)21(19,20)14-6-4-2-1-3-5(6)9(16)17/h1-4,16-17H,(H2,11,13,15,18)/p-2. The molecule has 0 spiro atoms. The Balaban J connectivity index is 2.60. The monoisotopic (exact) mass is 310 g/mol. The molecule has 21 heavy (non-hydrogen) atoms. The Labute approximate surface area is 116 Å². The average molecular weight is 310 g/mol. The maximum Gasteiger partial charge on any atom is 0.342 e. The summed E-state index contributed by atoms with van der Waals surface area (Å²) < 4.78 is 27.1. The predicted molar refractivity (Wildman–Crippen MR) is 65.4 cm³/mol. The van der Waals surface area contributed by atoms with E-state index in [1.54, 1.807) is 10.1 Å². The quantitative estimate of drug-likeness (QED) is 0.537. The molecule has 10 nitrogen and oxygen atoms in total. The lowest BCUT2D eigenvalue weighted by Gasteiger charge is -2.23. The number of sulfonamides is 1. The Morgan fingerprint density at radius 2 is 1.86 bits per heavy atom. The number of aromatic amines is 2. The number of aromatic nitrogens is 3. The first-order chi connectivity index (χ1) is 9.81. The molecule has 0 radical (unpaired) electrons. The van der Waals surface area contributed by atoms with Crippen molar-refractivity contribution in [1.29, 1.82) is 0 Å². The van der Waals surface area contributed by atoms with Crippen molar-refractivity contribution in [2.75, 3.05) is 0 Å². The van der Waals surface area contributed by atoms with Crippen LogP contribution in [0.4, 0.5) is 0 Å². The largest absolute Gasteiger partial charge is 0.883 e. The van der Waals surface area contributed by atoms with E-state index in [2.05, 4.69) is 9.50 Å². The second-order valence-corrected chi connectivity index (χ2v) is 5.20. The van der Waals surface area contributed by atoms with Crippen molar-refractivity contribution in [3.63, 3.8) is 0 Å². The van der Waals surface area contributed by atoms with Crippen molar-refractivity contribution < 1.29 is 18.6 Å². The molecule has 2 rings (SSSR count). The Hall–Kier alpha value is -2.95. The molecule has 0 atom stereocenters. The number of nitrogens with one attached hydrogen (secondary N) is 2. The van der Waals surface area contributed by atoms with E-state index < -0.39 is 43.5 Å². The zero-order valence-electron chi connectivity index (χ0n) is 10.1. The molecule has 110 valence electrons. The summed E-state index contributed by atoms with van der Waals surface area (Å²) in [7, 11) is -4.61. The molecule has 1 heterocycles. The summed E-state index contributed by atoms with van der Waals surface area (Å²) in [5.41, 5.74) is -3.16. The zero-order valence-corrected chi connectivity index (χ0v) is 10.9. The molecule has 0 saturated carbocycles. The van der Waals surface area contributed by atoms with Gasteiger partial charge in [0.15, 0.2) is 0 Å². The van der Waals surface area contributed by atoms with Crippen LogP contribution < -0.4 is 21.5 Å². The van der Waals surface area contributed by atoms with Crippen molar-refractivity contribution in [3.05, 3.63) is 56.7 Å². The fourth-order valence-electron chi connectivity index (χ4n) is 1.41. The lowest BCUT2D eigenvalue weighted by Crippen LogP contribution is -2.29. The second-order valence-electron chi connectivity index (χ2n) is 3.68. The van der Waals surface area contributed by atoms with Crippen LogP contribution in [0.5, 0.6) is 0 Å². The number of allylic oxidation sites excluding steroid dienone is 5. The molecule has 0 unspecified atom stereocenters. The molecule has 0 saturated heterocycles. The van der Waals surface area contributed by atoms with Gasteiger partial charge in [-0.05, 0) is 11.6 Å². The highest BCUT2D eigenvalue weighted by molar-refractivity contribution is 7.90. The number of hydrogen-bond donors (Lipinski definition) is 2. The summed E-state index contributed by atoms with van der Waals surface area (Å²) in [4.78, 5) is 23.8. The summed E-state index contributed by atoms with van der Waals surface area (Å²) in [6, 6.07) is 0. The highest BCUT2D eigenvalue weighted by Gasteiger charge is 2.21. The fraction of sp³-hybridized carbons (Fsp3) is 0. The van der Waals surface area contributed by atoms with Gasteiger partial charge >= 0.3 is 15.7 Å². The molecule has 0 aliphatic heterocycles. The van der Waals surface area contributed by atoms with Crippen LogP contribution in [0.15, 0.2) is 54.8 Å². The molecule has 2 N–H and O–H groups in total. The molecule has 1 aromatic rings. The van der Waals surface area contributed by atoms with Gasteiger partial charge in [-0.15, -0.1) is 0 Å². The summed E-state index contributed by atoms with van der Waals surface area (Å²) in [5, 5.41) is 25.5. The van der Waals surface area contributed by atoms with Gasteiger partial charge in [-0.3, -0.25) is 9.78 Å². The molecule has 0 fully saturated rings.